The molecular formula is C14H11NO. The zero-order chi connectivity index (χ0) is 11.5. The van der Waals surface area contributed by atoms with Crippen molar-refractivity contribution in [3.8, 4) is 22.9 Å². The maximum atomic E-state index is 9.83. The highest BCUT2D eigenvalue weighted by Gasteiger charge is 2.04. The summed E-state index contributed by atoms with van der Waals surface area (Å²) in [7, 11) is 0. The van der Waals surface area contributed by atoms with Crippen LogP contribution in [0.3, 0.4) is 0 Å². The van der Waals surface area contributed by atoms with E-state index in [9.17, 15) is 5.11 Å². The summed E-state index contributed by atoms with van der Waals surface area (Å²) >= 11 is 0. The Morgan fingerprint density at radius 1 is 1.12 bits per heavy atom. The number of benzene rings is 2. The average molecular weight is 209 g/mol. The van der Waals surface area contributed by atoms with E-state index in [1.165, 1.54) is 0 Å². The van der Waals surface area contributed by atoms with Gasteiger partial charge in [0.25, 0.3) is 0 Å². The van der Waals surface area contributed by atoms with E-state index in [2.05, 4.69) is 6.07 Å². The van der Waals surface area contributed by atoms with Gasteiger partial charge in [0.2, 0.25) is 0 Å². The van der Waals surface area contributed by atoms with Gasteiger partial charge in [0, 0.05) is 5.56 Å². The van der Waals surface area contributed by atoms with E-state index in [4.69, 9.17) is 5.26 Å². The number of phenolic OH excluding ortho intramolecular Hbond substituents is 1. The number of nitrogens with zero attached hydrogens (tertiary/aromatic N) is 1. The second-order valence-corrected chi connectivity index (χ2v) is 3.71. The molecule has 0 aromatic heterocycles. The van der Waals surface area contributed by atoms with Crippen molar-refractivity contribution in [2.24, 2.45) is 0 Å². The van der Waals surface area contributed by atoms with Crippen LogP contribution in [0.15, 0.2) is 42.5 Å². The lowest BCUT2D eigenvalue weighted by molar-refractivity contribution is 0.477. The van der Waals surface area contributed by atoms with Gasteiger partial charge in [-0.25, -0.2) is 0 Å². The van der Waals surface area contributed by atoms with Crippen LogP contribution in [0.5, 0.6) is 5.75 Å². The summed E-state index contributed by atoms with van der Waals surface area (Å²) in [6, 6.07) is 14.8. The topological polar surface area (TPSA) is 44.0 Å². The van der Waals surface area contributed by atoms with Crippen molar-refractivity contribution >= 4 is 0 Å². The van der Waals surface area contributed by atoms with Crippen LogP contribution >= 0.6 is 0 Å². The van der Waals surface area contributed by atoms with Crippen LogP contribution in [0.4, 0.5) is 0 Å². The second kappa shape index (κ2) is 4.08. The number of hydrogen-bond acceptors (Lipinski definition) is 2. The number of rotatable bonds is 1. The molecule has 0 radical (unpaired) electrons. The second-order valence-electron chi connectivity index (χ2n) is 3.71. The van der Waals surface area contributed by atoms with E-state index in [1.54, 1.807) is 18.2 Å². The molecule has 0 aliphatic rings. The molecule has 2 aromatic carbocycles. The fraction of sp³-hybridized carbons (Fsp3) is 0.0714. The fourth-order valence-corrected chi connectivity index (χ4v) is 1.64. The summed E-state index contributed by atoms with van der Waals surface area (Å²) in [6.45, 7) is 1.93. The van der Waals surface area contributed by atoms with Gasteiger partial charge in [-0.2, -0.15) is 5.26 Å². The van der Waals surface area contributed by atoms with Gasteiger partial charge in [0.05, 0.1) is 11.6 Å². The fourth-order valence-electron chi connectivity index (χ4n) is 1.64. The van der Waals surface area contributed by atoms with Crippen LogP contribution in [-0.4, -0.2) is 5.11 Å². The van der Waals surface area contributed by atoms with Crippen LogP contribution < -0.4 is 0 Å². The number of phenols is 1. The largest absolute Gasteiger partial charge is 0.507 e. The van der Waals surface area contributed by atoms with E-state index in [1.807, 2.05) is 31.2 Å². The Morgan fingerprint density at radius 2 is 1.94 bits per heavy atom. The van der Waals surface area contributed by atoms with Crippen molar-refractivity contribution in [2.75, 3.05) is 0 Å². The molecule has 0 saturated carbocycles. The van der Waals surface area contributed by atoms with Gasteiger partial charge in [-0.3, -0.25) is 0 Å². The lowest BCUT2D eigenvalue weighted by Gasteiger charge is -2.05. The third-order valence-corrected chi connectivity index (χ3v) is 2.46. The minimum atomic E-state index is 0.245. The van der Waals surface area contributed by atoms with Crippen LogP contribution in [-0.2, 0) is 0 Å². The van der Waals surface area contributed by atoms with Gasteiger partial charge in [0.1, 0.15) is 5.75 Å². The van der Waals surface area contributed by atoms with Gasteiger partial charge < -0.3 is 5.11 Å². The highest BCUT2D eigenvalue weighted by molar-refractivity contribution is 5.71. The normalized spacial score (nSPS) is 9.75. The molecule has 2 aromatic rings. The van der Waals surface area contributed by atoms with Crippen molar-refractivity contribution in [2.45, 2.75) is 6.92 Å². The zero-order valence-corrected chi connectivity index (χ0v) is 8.94. The maximum absolute atomic E-state index is 9.83. The Kier molecular flexibility index (Phi) is 2.61. The van der Waals surface area contributed by atoms with Gasteiger partial charge in [-0.1, -0.05) is 24.3 Å². The zero-order valence-electron chi connectivity index (χ0n) is 8.94. The monoisotopic (exact) mass is 209 g/mol. The molecule has 2 rings (SSSR count). The lowest BCUT2D eigenvalue weighted by atomic mass is 10.0. The minimum Gasteiger partial charge on any atom is -0.507 e. The number of nitriles is 1. The van der Waals surface area contributed by atoms with Crippen molar-refractivity contribution in [1.82, 2.24) is 0 Å². The quantitative estimate of drug-likeness (QED) is 0.783. The number of aromatic hydroxyl groups is 1. The standard InChI is InChI=1S/C14H11NO/c1-10-5-6-13(14(16)7-10)12-4-2-3-11(8-12)9-15/h2-8,16H,1H3. The maximum Gasteiger partial charge on any atom is 0.123 e. The van der Waals surface area contributed by atoms with Gasteiger partial charge in [0.15, 0.2) is 0 Å². The Hall–Kier alpha value is -2.27. The Balaban J connectivity index is 2.55. The molecule has 0 atom stereocenters. The Labute approximate surface area is 94.4 Å². The van der Waals surface area contributed by atoms with Crippen LogP contribution in [0.25, 0.3) is 11.1 Å². The highest BCUT2D eigenvalue weighted by Crippen LogP contribution is 2.30. The molecule has 0 heterocycles. The summed E-state index contributed by atoms with van der Waals surface area (Å²) in [5.74, 6) is 0.245. The Bertz CT molecular complexity index is 567. The lowest BCUT2D eigenvalue weighted by Crippen LogP contribution is -1.82. The first-order chi connectivity index (χ1) is 7.70. The molecule has 0 bridgehead atoms. The molecule has 0 unspecified atom stereocenters. The molecule has 0 aliphatic heterocycles. The van der Waals surface area contributed by atoms with Crippen molar-refractivity contribution in [1.29, 1.82) is 5.26 Å². The highest BCUT2D eigenvalue weighted by atomic mass is 16.3. The first-order valence-corrected chi connectivity index (χ1v) is 5.01. The van der Waals surface area contributed by atoms with Gasteiger partial charge >= 0.3 is 0 Å². The van der Waals surface area contributed by atoms with Gasteiger partial charge in [-0.05, 0) is 36.2 Å². The predicted octanol–water partition coefficient (Wildman–Crippen LogP) is 3.24. The molecule has 1 N–H and O–H groups in total. The first kappa shape index (κ1) is 10.3. The molecule has 0 saturated heterocycles. The van der Waals surface area contributed by atoms with Crippen molar-refractivity contribution < 1.29 is 5.11 Å². The molecule has 0 aliphatic carbocycles. The van der Waals surface area contributed by atoms with E-state index >= 15 is 0 Å². The molecular weight excluding hydrogens is 198 g/mol. The molecule has 0 amide bonds. The average Bonchev–Trinajstić information content (AvgIpc) is 2.29. The van der Waals surface area contributed by atoms with Gasteiger partial charge in [-0.15, -0.1) is 0 Å². The number of hydrogen-bond donors (Lipinski definition) is 1. The molecule has 0 fully saturated rings. The van der Waals surface area contributed by atoms with Crippen LogP contribution in [0.1, 0.15) is 11.1 Å². The predicted molar refractivity (Wildman–Crippen MR) is 63.0 cm³/mol. The minimum absolute atomic E-state index is 0.245. The first-order valence-electron chi connectivity index (χ1n) is 5.01. The molecule has 78 valence electrons. The summed E-state index contributed by atoms with van der Waals surface area (Å²) < 4.78 is 0. The third kappa shape index (κ3) is 1.89. The van der Waals surface area contributed by atoms with Crippen molar-refractivity contribution in [3.63, 3.8) is 0 Å². The molecule has 0 spiro atoms. The van der Waals surface area contributed by atoms with E-state index in [0.29, 0.717) is 5.56 Å². The SMILES string of the molecule is Cc1ccc(-c2cccc(C#N)c2)c(O)c1. The molecule has 2 nitrogen and oxygen atoms in total. The van der Waals surface area contributed by atoms with Crippen molar-refractivity contribution in [3.05, 3.63) is 53.6 Å². The summed E-state index contributed by atoms with van der Waals surface area (Å²) in [6.07, 6.45) is 0. The summed E-state index contributed by atoms with van der Waals surface area (Å²) in [5, 5.41) is 18.6. The molecule has 2 heteroatoms. The van der Waals surface area contributed by atoms with E-state index < -0.39 is 0 Å². The van der Waals surface area contributed by atoms with E-state index in [0.717, 1.165) is 16.7 Å². The number of aryl methyl sites for hydroxylation is 1. The smallest absolute Gasteiger partial charge is 0.123 e. The van der Waals surface area contributed by atoms with Crippen LogP contribution in [0, 0.1) is 18.3 Å². The third-order valence-electron chi connectivity index (χ3n) is 2.46. The van der Waals surface area contributed by atoms with E-state index in [-0.39, 0.29) is 5.75 Å². The summed E-state index contributed by atoms with van der Waals surface area (Å²) in [4.78, 5) is 0. The van der Waals surface area contributed by atoms with Crippen LogP contribution in [0.2, 0.25) is 0 Å². The Morgan fingerprint density at radius 3 is 2.62 bits per heavy atom. The molecule has 16 heavy (non-hydrogen) atoms. The summed E-state index contributed by atoms with van der Waals surface area (Å²) in [5.41, 5.74) is 3.22.